The van der Waals surface area contributed by atoms with Gasteiger partial charge in [-0.3, -0.25) is 0 Å². The van der Waals surface area contributed by atoms with Crippen LogP contribution in [0.2, 0.25) is 0 Å². The van der Waals surface area contributed by atoms with Crippen LogP contribution in [-0.2, 0) is 0 Å². The summed E-state index contributed by atoms with van der Waals surface area (Å²) in [6, 6.07) is 1.93. The molecule has 2 rings (SSSR count). The fourth-order valence-electron chi connectivity index (χ4n) is 1.08. The minimum absolute atomic E-state index is 0.137. The number of hydrogen-bond acceptors (Lipinski definition) is 4. The quantitative estimate of drug-likeness (QED) is 0.713. The fourth-order valence-corrected chi connectivity index (χ4v) is 2.88. The lowest BCUT2D eigenvalue weighted by Crippen LogP contribution is -1.72. The van der Waals surface area contributed by atoms with E-state index in [0.29, 0.717) is 0 Å². The maximum Gasteiger partial charge on any atom is 0.229 e. The van der Waals surface area contributed by atoms with E-state index in [1.807, 2.05) is 17.7 Å². The summed E-state index contributed by atoms with van der Waals surface area (Å²) in [4.78, 5) is 5.01. The third kappa shape index (κ3) is 1.07. The highest BCUT2D eigenvalue weighted by Crippen LogP contribution is 2.35. The number of pyridine rings is 1. The molecule has 0 saturated heterocycles. The molecule has 0 spiro atoms. The van der Waals surface area contributed by atoms with E-state index in [9.17, 15) is 5.11 Å². The summed E-state index contributed by atoms with van der Waals surface area (Å²) >= 11 is 3.22. The number of rotatable bonds is 1. The van der Waals surface area contributed by atoms with Crippen LogP contribution in [0, 0.1) is 0 Å². The van der Waals surface area contributed by atoms with Crippen LogP contribution in [0.15, 0.2) is 22.5 Å². The molecule has 0 aliphatic carbocycles. The third-order valence-electron chi connectivity index (χ3n) is 1.65. The SMILES string of the molecule is CSc1csc2c(O)nccc12. The number of fused-ring (bicyclic) bond motifs is 1. The van der Waals surface area contributed by atoms with E-state index in [1.54, 1.807) is 18.0 Å². The molecule has 0 bridgehead atoms. The average Bonchev–Trinajstić information content (AvgIpc) is 2.49. The Morgan fingerprint density at radius 2 is 2.42 bits per heavy atom. The van der Waals surface area contributed by atoms with E-state index in [1.165, 1.54) is 16.2 Å². The number of aromatic nitrogens is 1. The number of thiophene rings is 1. The van der Waals surface area contributed by atoms with Gasteiger partial charge in [0.15, 0.2) is 0 Å². The van der Waals surface area contributed by atoms with Crippen LogP contribution in [0.3, 0.4) is 0 Å². The normalized spacial score (nSPS) is 10.8. The van der Waals surface area contributed by atoms with Crippen molar-refractivity contribution in [1.29, 1.82) is 0 Å². The second kappa shape index (κ2) is 2.95. The molecule has 0 saturated carbocycles. The highest BCUT2D eigenvalue weighted by molar-refractivity contribution is 7.99. The van der Waals surface area contributed by atoms with Crippen molar-refractivity contribution in [3.05, 3.63) is 17.6 Å². The zero-order valence-electron chi connectivity index (χ0n) is 6.44. The molecular weight excluding hydrogens is 190 g/mol. The molecule has 0 aromatic carbocycles. The van der Waals surface area contributed by atoms with Crippen molar-refractivity contribution in [2.75, 3.05) is 6.26 Å². The van der Waals surface area contributed by atoms with Gasteiger partial charge in [-0.25, -0.2) is 4.98 Å². The van der Waals surface area contributed by atoms with Gasteiger partial charge in [0.2, 0.25) is 5.88 Å². The molecule has 12 heavy (non-hydrogen) atoms. The Kier molecular flexibility index (Phi) is 1.94. The first kappa shape index (κ1) is 7.89. The molecule has 62 valence electrons. The summed E-state index contributed by atoms with van der Waals surface area (Å²) in [6.45, 7) is 0. The van der Waals surface area contributed by atoms with E-state index in [4.69, 9.17) is 0 Å². The van der Waals surface area contributed by atoms with Gasteiger partial charge in [0.1, 0.15) is 0 Å². The predicted molar refractivity (Wildman–Crippen MR) is 53.1 cm³/mol. The summed E-state index contributed by atoms with van der Waals surface area (Å²) in [7, 11) is 0. The van der Waals surface area contributed by atoms with Crippen molar-refractivity contribution < 1.29 is 5.11 Å². The molecule has 2 aromatic heterocycles. The van der Waals surface area contributed by atoms with Gasteiger partial charge < -0.3 is 5.11 Å². The molecule has 1 N–H and O–H groups in total. The molecule has 2 nitrogen and oxygen atoms in total. The van der Waals surface area contributed by atoms with Crippen LogP contribution < -0.4 is 0 Å². The Hall–Kier alpha value is -0.740. The zero-order chi connectivity index (χ0) is 8.55. The molecule has 2 aromatic rings. The van der Waals surface area contributed by atoms with Gasteiger partial charge in [-0.05, 0) is 12.3 Å². The topological polar surface area (TPSA) is 33.1 Å². The van der Waals surface area contributed by atoms with E-state index < -0.39 is 0 Å². The molecule has 0 atom stereocenters. The maximum absolute atomic E-state index is 9.37. The predicted octanol–water partition coefficient (Wildman–Crippen LogP) is 2.72. The first-order valence-electron chi connectivity index (χ1n) is 3.42. The summed E-state index contributed by atoms with van der Waals surface area (Å²) in [5, 5.41) is 12.5. The van der Waals surface area contributed by atoms with Crippen molar-refractivity contribution >= 4 is 33.2 Å². The number of aromatic hydroxyl groups is 1. The van der Waals surface area contributed by atoms with Crippen molar-refractivity contribution in [2.45, 2.75) is 4.90 Å². The van der Waals surface area contributed by atoms with Crippen LogP contribution >= 0.6 is 23.1 Å². The number of nitrogens with zero attached hydrogens (tertiary/aromatic N) is 1. The average molecular weight is 197 g/mol. The van der Waals surface area contributed by atoms with Crippen LogP contribution in [0.5, 0.6) is 5.88 Å². The highest BCUT2D eigenvalue weighted by atomic mass is 32.2. The first-order valence-corrected chi connectivity index (χ1v) is 5.52. The van der Waals surface area contributed by atoms with Gasteiger partial charge in [-0.1, -0.05) is 0 Å². The lowest BCUT2D eigenvalue weighted by atomic mass is 10.3. The van der Waals surface area contributed by atoms with Crippen molar-refractivity contribution in [3.8, 4) is 5.88 Å². The van der Waals surface area contributed by atoms with Crippen LogP contribution in [0.4, 0.5) is 0 Å². The second-order valence-corrected chi connectivity index (χ2v) is 4.04. The maximum atomic E-state index is 9.37. The van der Waals surface area contributed by atoms with Crippen LogP contribution in [0.25, 0.3) is 10.1 Å². The van der Waals surface area contributed by atoms with E-state index >= 15 is 0 Å². The Morgan fingerprint density at radius 3 is 3.17 bits per heavy atom. The molecular formula is C8H7NOS2. The summed E-state index contributed by atoms with van der Waals surface area (Å²) in [6.07, 6.45) is 3.66. The van der Waals surface area contributed by atoms with Crippen molar-refractivity contribution in [1.82, 2.24) is 4.98 Å². The largest absolute Gasteiger partial charge is 0.492 e. The van der Waals surface area contributed by atoms with E-state index in [2.05, 4.69) is 4.98 Å². The first-order chi connectivity index (χ1) is 5.83. The van der Waals surface area contributed by atoms with Crippen LogP contribution in [-0.4, -0.2) is 16.3 Å². The van der Waals surface area contributed by atoms with Gasteiger partial charge in [0.25, 0.3) is 0 Å². The molecule has 2 heterocycles. The number of thioether (sulfide) groups is 1. The van der Waals surface area contributed by atoms with Crippen molar-refractivity contribution in [2.24, 2.45) is 0 Å². The Bertz CT molecular complexity index is 410. The summed E-state index contributed by atoms with van der Waals surface area (Å²) in [5.74, 6) is 0.137. The van der Waals surface area contributed by atoms with Crippen molar-refractivity contribution in [3.63, 3.8) is 0 Å². The highest BCUT2D eigenvalue weighted by Gasteiger charge is 2.06. The van der Waals surface area contributed by atoms with E-state index in [-0.39, 0.29) is 5.88 Å². The Morgan fingerprint density at radius 1 is 1.58 bits per heavy atom. The molecule has 0 radical (unpaired) electrons. The lowest BCUT2D eigenvalue weighted by Gasteiger charge is -1.93. The molecule has 0 fully saturated rings. The minimum atomic E-state index is 0.137. The second-order valence-electron chi connectivity index (χ2n) is 2.32. The van der Waals surface area contributed by atoms with Gasteiger partial charge in [0.05, 0.1) is 4.70 Å². The lowest BCUT2D eigenvalue weighted by molar-refractivity contribution is 0.461. The zero-order valence-corrected chi connectivity index (χ0v) is 8.08. The van der Waals surface area contributed by atoms with Gasteiger partial charge in [-0.2, -0.15) is 0 Å². The van der Waals surface area contributed by atoms with Gasteiger partial charge in [0, 0.05) is 21.9 Å². The van der Waals surface area contributed by atoms with E-state index in [0.717, 1.165) is 10.1 Å². The number of hydrogen-bond donors (Lipinski definition) is 1. The minimum Gasteiger partial charge on any atom is -0.492 e. The fraction of sp³-hybridized carbons (Fsp3) is 0.125. The Balaban J connectivity index is 2.80. The molecule has 0 amide bonds. The molecule has 0 aliphatic heterocycles. The monoisotopic (exact) mass is 197 g/mol. The summed E-state index contributed by atoms with van der Waals surface area (Å²) < 4.78 is 0.877. The Labute approximate surface area is 78.3 Å². The molecule has 0 unspecified atom stereocenters. The van der Waals surface area contributed by atoms with Gasteiger partial charge >= 0.3 is 0 Å². The molecule has 0 aliphatic rings. The van der Waals surface area contributed by atoms with Gasteiger partial charge in [-0.15, -0.1) is 23.1 Å². The standard InChI is InChI=1S/C8H7NOS2/c1-11-6-4-12-7-5(6)2-3-9-8(7)10/h2-4H,1H3,(H,9,10). The third-order valence-corrected chi connectivity index (χ3v) is 3.57. The smallest absolute Gasteiger partial charge is 0.229 e. The van der Waals surface area contributed by atoms with Crippen LogP contribution in [0.1, 0.15) is 0 Å². The molecule has 4 heteroatoms. The summed E-state index contributed by atoms with van der Waals surface area (Å²) in [5.41, 5.74) is 0.